The van der Waals surface area contributed by atoms with Gasteiger partial charge in [-0.15, -0.1) is 0 Å². The van der Waals surface area contributed by atoms with Crippen molar-refractivity contribution >= 4 is 18.4 Å². The van der Waals surface area contributed by atoms with Crippen molar-refractivity contribution in [1.82, 2.24) is 0 Å². The number of benzene rings is 2. The molecule has 1 saturated heterocycles. The molecule has 166 valence electrons. The van der Waals surface area contributed by atoms with Crippen molar-refractivity contribution < 1.29 is 28.8 Å². The third kappa shape index (κ3) is 6.19. The number of ether oxygens (including phenoxy) is 4. The van der Waals surface area contributed by atoms with Crippen LogP contribution in [0.4, 0.5) is 5.69 Å². The van der Waals surface area contributed by atoms with Crippen molar-refractivity contribution in [3.63, 3.8) is 0 Å². The number of anilines is 1. The normalized spacial score (nSPS) is 14.1. The zero-order valence-electron chi connectivity index (χ0n) is 17.9. The zero-order valence-corrected chi connectivity index (χ0v) is 17.9. The summed E-state index contributed by atoms with van der Waals surface area (Å²) in [5.74, 6) is 0.337. The average Bonchev–Trinajstić information content (AvgIpc) is 2.78. The fourth-order valence-corrected chi connectivity index (χ4v) is 3.30. The Morgan fingerprint density at radius 3 is 2.52 bits per heavy atom. The molecule has 31 heavy (non-hydrogen) atoms. The molecule has 0 amide bonds. The summed E-state index contributed by atoms with van der Waals surface area (Å²) in [6.45, 7) is 7.78. The van der Waals surface area contributed by atoms with Crippen LogP contribution in [0.3, 0.4) is 0 Å². The Kier molecular flexibility index (Phi) is 7.86. The molecule has 1 aliphatic rings. The quantitative estimate of drug-likeness (QED) is 0.346. The lowest BCUT2D eigenvalue weighted by atomic mass is 10.1. The lowest BCUT2D eigenvalue weighted by Gasteiger charge is -2.22. The summed E-state index contributed by atoms with van der Waals surface area (Å²) < 4.78 is 22.7. The van der Waals surface area contributed by atoms with Gasteiger partial charge in [-0.2, -0.15) is 5.10 Å². The van der Waals surface area contributed by atoms with Gasteiger partial charge in [0, 0.05) is 33.0 Å². The summed E-state index contributed by atoms with van der Waals surface area (Å²) >= 11 is 0. The molecule has 3 rings (SSSR count). The van der Waals surface area contributed by atoms with Gasteiger partial charge in [0.15, 0.2) is 0 Å². The molecule has 1 N–H and O–H groups in total. The van der Waals surface area contributed by atoms with Crippen molar-refractivity contribution in [3.8, 4) is 17.2 Å². The Labute approximate surface area is 182 Å². The standard InChI is InChI=1S/C23H28N2O6/c1-16-14-20(23(26)27)22(15-21(16)25(3)24-2)31-19-6-4-17(5-7-19)29-12-13-30-18-8-10-28-11-9-18/h4-7,14-15,18H,2,8-13H2,1,3H3,(H,26,27). The highest BCUT2D eigenvalue weighted by atomic mass is 16.5. The van der Waals surface area contributed by atoms with E-state index in [1.807, 2.05) is 6.92 Å². The number of nitrogens with zero attached hydrogens (tertiary/aromatic N) is 2. The van der Waals surface area contributed by atoms with Crippen LogP contribution in [-0.2, 0) is 9.47 Å². The van der Waals surface area contributed by atoms with E-state index in [1.54, 1.807) is 48.5 Å². The Morgan fingerprint density at radius 1 is 1.19 bits per heavy atom. The predicted molar refractivity (Wildman–Crippen MR) is 118 cm³/mol. The molecule has 0 bridgehead atoms. The Balaban J connectivity index is 1.61. The molecule has 1 aliphatic heterocycles. The molecular weight excluding hydrogens is 400 g/mol. The number of hydrogen-bond acceptors (Lipinski definition) is 7. The van der Waals surface area contributed by atoms with Gasteiger partial charge in [-0.25, -0.2) is 4.79 Å². The van der Waals surface area contributed by atoms with E-state index in [2.05, 4.69) is 11.8 Å². The molecule has 0 aromatic heterocycles. The largest absolute Gasteiger partial charge is 0.491 e. The molecule has 0 spiro atoms. The van der Waals surface area contributed by atoms with E-state index in [0.717, 1.165) is 31.6 Å². The number of hydrazone groups is 1. The highest BCUT2D eigenvalue weighted by molar-refractivity contribution is 5.92. The van der Waals surface area contributed by atoms with Crippen LogP contribution in [0.5, 0.6) is 17.2 Å². The van der Waals surface area contributed by atoms with Gasteiger partial charge in [0.25, 0.3) is 0 Å². The number of carboxylic acid groups (broad SMARTS) is 1. The topological polar surface area (TPSA) is 89.8 Å². The zero-order chi connectivity index (χ0) is 22.2. The van der Waals surface area contributed by atoms with Gasteiger partial charge in [-0.3, -0.25) is 5.01 Å². The van der Waals surface area contributed by atoms with Gasteiger partial charge in [0.2, 0.25) is 0 Å². The van der Waals surface area contributed by atoms with E-state index in [1.165, 1.54) is 0 Å². The molecule has 0 atom stereocenters. The van der Waals surface area contributed by atoms with E-state index < -0.39 is 5.97 Å². The molecule has 0 aliphatic carbocycles. The lowest BCUT2D eigenvalue weighted by molar-refractivity contribution is -0.0388. The maximum atomic E-state index is 11.7. The third-order valence-electron chi connectivity index (χ3n) is 5.01. The second kappa shape index (κ2) is 10.8. The Bertz CT molecular complexity index is 894. The van der Waals surface area contributed by atoms with Gasteiger partial charge < -0.3 is 24.1 Å². The average molecular weight is 428 g/mol. The molecule has 2 aromatic rings. The summed E-state index contributed by atoms with van der Waals surface area (Å²) in [5.41, 5.74) is 1.54. The van der Waals surface area contributed by atoms with Crippen LogP contribution >= 0.6 is 0 Å². The van der Waals surface area contributed by atoms with Crippen LogP contribution in [0.25, 0.3) is 0 Å². The first-order valence-corrected chi connectivity index (χ1v) is 10.2. The summed E-state index contributed by atoms with van der Waals surface area (Å²) in [6.07, 6.45) is 2.08. The monoisotopic (exact) mass is 428 g/mol. The van der Waals surface area contributed by atoms with Crippen molar-refractivity contribution in [2.45, 2.75) is 25.9 Å². The number of hydrogen-bond donors (Lipinski definition) is 1. The van der Waals surface area contributed by atoms with E-state index >= 15 is 0 Å². The van der Waals surface area contributed by atoms with Gasteiger partial charge in [0.05, 0.1) is 18.4 Å². The lowest BCUT2D eigenvalue weighted by Crippen LogP contribution is -2.25. The van der Waals surface area contributed by atoms with Crippen LogP contribution in [0.15, 0.2) is 41.5 Å². The van der Waals surface area contributed by atoms with Crippen molar-refractivity contribution in [2.24, 2.45) is 5.10 Å². The molecule has 8 heteroatoms. The maximum Gasteiger partial charge on any atom is 0.339 e. The first-order valence-electron chi connectivity index (χ1n) is 10.2. The number of carbonyl (C=O) groups is 1. The Hall–Kier alpha value is -3.10. The summed E-state index contributed by atoms with van der Waals surface area (Å²) in [5, 5.41) is 15.0. The second-order valence-corrected chi connectivity index (χ2v) is 7.21. The van der Waals surface area contributed by atoms with Gasteiger partial charge in [-0.05, 0) is 55.7 Å². The van der Waals surface area contributed by atoms with Gasteiger partial charge in [-0.1, -0.05) is 0 Å². The van der Waals surface area contributed by atoms with E-state index in [-0.39, 0.29) is 17.4 Å². The van der Waals surface area contributed by atoms with Crippen LogP contribution in [-0.4, -0.2) is 57.4 Å². The van der Waals surface area contributed by atoms with Crippen molar-refractivity contribution in [2.75, 3.05) is 38.5 Å². The summed E-state index contributed by atoms with van der Waals surface area (Å²) in [7, 11) is 1.73. The molecule has 8 nitrogen and oxygen atoms in total. The first kappa shape index (κ1) is 22.6. The fraction of sp³-hybridized carbons (Fsp3) is 0.391. The third-order valence-corrected chi connectivity index (χ3v) is 5.01. The SMILES string of the molecule is C=NN(C)c1cc(Oc2ccc(OCCOC3CCOCC3)cc2)c(C(=O)O)cc1C. The van der Waals surface area contributed by atoms with Crippen LogP contribution in [0.2, 0.25) is 0 Å². The van der Waals surface area contributed by atoms with E-state index in [0.29, 0.717) is 30.4 Å². The van der Waals surface area contributed by atoms with Crippen molar-refractivity contribution in [1.29, 1.82) is 0 Å². The minimum absolute atomic E-state index is 0.0734. The first-order chi connectivity index (χ1) is 15.0. The number of rotatable bonds is 10. The highest BCUT2D eigenvalue weighted by Crippen LogP contribution is 2.33. The number of aromatic carboxylic acids is 1. The number of aryl methyl sites for hydroxylation is 1. The van der Waals surface area contributed by atoms with Crippen LogP contribution in [0.1, 0.15) is 28.8 Å². The molecule has 1 heterocycles. The molecule has 0 radical (unpaired) electrons. The minimum Gasteiger partial charge on any atom is -0.491 e. The molecule has 1 fully saturated rings. The summed E-state index contributed by atoms with van der Waals surface area (Å²) in [6, 6.07) is 10.2. The summed E-state index contributed by atoms with van der Waals surface area (Å²) in [4.78, 5) is 11.7. The van der Waals surface area contributed by atoms with E-state index in [4.69, 9.17) is 18.9 Å². The van der Waals surface area contributed by atoms with Crippen LogP contribution < -0.4 is 14.5 Å². The second-order valence-electron chi connectivity index (χ2n) is 7.21. The van der Waals surface area contributed by atoms with E-state index in [9.17, 15) is 9.90 Å². The van der Waals surface area contributed by atoms with Gasteiger partial charge in [0.1, 0.15) is 29.4 Å². The predicted octanol–water partition coefficient (Wildman–Crippen LogP) is 4.11. The highest BCUT2D eigenvalue weighted by Gasteiger charge is 2.17. The molecule has 0 unspecified atom stereocenters. The number of carboxylic acids is 1. The van der Waals surface area contributed by atoms with Crippen LogP contribution in [0, 0.1) is 6.92 Å². The Morgan fingerprint density at radius 2 is 1.87 bits per heavy atom. The minimum atomic E-state index is -1.07. The smallest absolute Gasteiger partial charge is 0.339 e. The molecule has 2 aromatic carbocycles. The molecular formula is C23H28N2O6. The fourth-order valence-electron chi connectivity index (χ4n) is 3.30. The van der Waals surface area contributed by atoms with Gasteiger partial charge >= 0.3 is 5.97 Å². The van der Waals surface area contributed by atoms with Crippen molar-refractivity contribution in [3.05, 3.63) is 47.5 Å². The molecule has 0 saturated carbocycles. The maximum absolute atomic E-state index is 11.7.